The minimum Gasteiger partial charge on any atom is -0.312 e. The maximum atomic E-state index is 13.4. The lowest BCUT2D eigenvalue weighted by Crippen LogP contribution is -2.43. The molecule has 132 valence electrons. The maximum Gasteiger partial charge on any atom is 0.231 e. The molecule has 0 spiro atoms. The van der Waals surface area contributed by atoms with Crippen molar-refractivity contribution in [3.63, 3.8) is 0 Å². The first kappa shape index (κ1) is 16.3. The number of nitrogens with zero attached hydrogens (tertiary/aromatic N) is 4. The van der Waals surface area contributed by atoms with Crippen LogP contribution in [0, 0.1) is 12.8 Å². The van der Waals surface area contributed by atoms with Gasteiger partial charge in [0.1, 0.15) is 11.6 Å². The molecule has 0 bridgehead atoms. The minimum atomic E-state index is -0.000214. The first-order valence-electron chi connectivity index (χ1n) is 9.38. The number of hydrogen-bond donors (Lipinski definition) is 0. The summed E-state index contributed by atoms with van der Waals surface area (Å²) in [7, 11) is 0. The van der Waals surface area contributed by atoms with Gasteiger partial charge in [0.05, 0.1) is 18.2 Å². The predicted octanol–water partition coefficient (Wildman–Crippen LogP) is 3.25. The van der Waals surface area contributed by atoms with Crippen LogP contribution in [0.15, 0.2) is 18.2 Å². The predicted molar refractivity (Wildman–Crippen MR) is 97.8 cm³/mol. The zero-order valence-electron chi connectivity index (χ0n) is 15.3. The third kappa shape index (κ3) is 2.86. The Kier molecular flexibility index (Phi) is 4.10. The Morgan fingerprint density at radius 2 is 2.12 bits per heavy atom. The fourth-order valence-corrected chi connectivity index (χ4v) is 4.22. The summed E-state index contributed by atoms with van der Waals surface area (Å²) in [6.45, 7) is 7.81. The molecule has 0 fully saturated rings. The second-order valence-corrected chi connectivity index (χ2v) is 7.60. The van der Waals surface area contributed by atoms with Crippen molar-refractivity contribution in [2.75, 3.05) is 11.4 Å². The molecule has 1 amide bonds. The summed E-state index contributed by atoms with van der Waals surface area (Å²) in [5.41, 5.74) is 3.78. The Balaban J connectivity index is 1.65. The summed E-state index contributed by atoms with van der Waals surface area (Å²) in [6, 6.07) is 6.49. The molecule has 2 aromatic rings. The van der Waals surface area contributed by atoms with Gasteiger partial charge in [0.2, 0.25) is 5.91 Å². The summed E-state index contributed by atoms with van der Waals surface area (Å²) in [6.07, 6.45) is 3.81. The van der Waals surface area contributed by atoms with E-state index < -0.39 is 0 Å². The number of carbonyl (C=O) groups is 1. The van der Waals surface area contributed by atoms with Crippen LogP contribution in [-0.4, -0.2) is 27.2 Å². The van der Waals surface area contributed by atoms with Crippen molar-refractivity contribution in [1.82, 2.24) is 14.8 Å². The molecule has 3 heterocycles. The van der Waals surface area contributed by atoms with Crippen LogP contribution >= 0.6 is 0 Å². The number of rotatable bonds is 2. The number of para-hydroxylation sites is 1. The summed E-state index contributed by atoms with van der Waals surface area (Å²) in [5.74, 6) is 2.49. The molecule has 0 N–H and O–H groups in total. The van der Waals surface area contributed by atoms with E-state index in [1.54, 1.807) is 0 Å². The molecule has 1 unspecified atom stereocenters. The van der Waals surface area contributed by atoms with Crippen LogP contribution in [0.3, 0.4) is 0 Å². The van der Waals surface area contributed by atoms with Gasteiger partial charge in [0.15, 0.2) is 0 Å². The number of aromatic nitrogens is 3. The van der Waals surface area contributed by atoms with E-state index in [1.165, 1.54) is 16.8 Å². The Morgan fingerprint density at radius 1 is 1.28 bits per heavy atom. The van der Waals surface area contributed by atoms with Crippen molar-refractivity contribution in [2.24, 2.45) is 5.92 Å². The van der Waals surface area contributed by atoms with Crippen LogP contribution < -0.4 is 4.90 Å². The van der Waals surface area contributed by atoms with Gasteiger partial charge in [0, 0.05) is 13.0 Å². The van der Waals surface area contributed by atoms with Crippen LogP contribution in [0.1, 0.15) is 55.4 Å². The van der Waals surface area contributed by atoms with E-state index >= 15 is 0 Å². The average molecular weight is 338 g/mol. The SMILES string of the molecule is Cc1nc2n(n1)CC(C(=O)N1CCCc3cccc(C(C)C)c31)CC2. The number of aryl methyl sites for hydroxylation is 3. The Hall–Kier alpha value is -2.17. The zero-order valence-corrected chi connectivity index (χ0v) is 15.3. The fraction of sp³-hybridized carbons (Fsp3) is 0.550. The van der Waals surface area contributed by atoms with E-state index in [0.717, 1.165) is 43.9 Å². The van der Waals surface area contributed by atoms with Gasteiger partial charge in [-0.25, -0.2) is 9.67 Å². The van der Waals surface area contributed by atoms with Crippen LogP contribution in [0.25, 0.3) is 0 Å². The second kappa shape index (κ2) is 6.28. The molecule has 1 aromatic carbocycles. The Morgan fingerprint density at radius 3 is 2.92 bits per heavy atom. The van der Waals surface area contributed by atoms with Gasteiger partial charge in [-0.05, 0) is 43.2 Å². The van der Waals surface area contributed by atoms with Gasteiger partial charge >= 0.3 is 0 Å². The zero-order chi connectivity index (χ0) is 17.6. The molecule has 0 radical (unpaired) electrons. The molecular weight excluding hydrogens is 312 g/mol. The number of hydrogen-bond acceptors (Lipinski definition) is 3. The quantitative estimate of drug-likeness (QED) is 0.844. The summed E-state index contributed by atoms with van der Waals surface area (Å²) < 4.78 is 1.93. The first-order chi connectivity index (χ1) is 12.0. The second-order valence-electron chi connectivity index (χ2n) is 7.60. The van der Waals surface area contributed by atoms with Crippen molar-refractivity contribution in [1.29, 1.82) is 0 Å². The van der Waals surface area contributed by atoms with Crippen molar-refractivity contribution in [2.45, 2.75) is 58.9 Å². The van der Waals surface area contributed by atoms with E-state index in [4.69, 9.17) is 0 Å². The molecule has 2 aliphatic rings. The number of anilines is 1. The van der Waals surface area contributed by atoms with Gasteiger partial charge in [-0.2, -0.15) is 5.10 Å². The van der Waals surface area contributed by atoms with E-state index in [-0.39, 0.29) is 11.8 Å². The molecule has 2 aliphatic heterocycles. The molecule has 5 nitrogen and oxygen atoms in total. The molecule has 0 aliphatic carbocycles. The number of benzene rings is 1. The van der Waals surface area contributed by atoms with Gasteiger partial charge in [-0.1, -0.05) is 32.0 Å². The smallest absolute Gasteiger partial charge is 0.231 e. The highest BCUT2D eigenvalue weighted by molar-refractivity contribution is 5.97. The topological polar surface area (TPSA) is 51.0 Å². The Bertz CT molecular complexity index is 808. The molecule has 4 rings (SSSR count). The largest absolute Gasteiger partial charge is 0.312 e. The lowest BCUT2D eigenvalue weighted by Gasteiger charge is -2.35. The lowest BCUT2D eigenvalue weighted by atomic mass is 9.90. The van der Waals surface area contributed by atoms with Crippen molar-refractivity contribution < 1.29 is 4.79 Å². The normalized spacial score (nSPS) is 19.7. The molecule has 0 saturated carbocycles. The fourth-order valence-electron chi connectivity index (χ4n) is 4.22. The summed E-state index contributed by atoms with van der Waals surface area (Å²) in [5, 5.41) is 4.45. The molecular formula is C20H26N4O. The number of amides is 1. The van der Waals surface area contributed by atoms with E-state index in [0.29, 0.717) is 12.5 Å². The van der Waals surface area contributed by atoms with Gasteiger partial charge < -0.3 is 4.90 Å². The monoisotopic (exact) mass is 338 g/mol. The van der Waals surface area contributed by atoms with Crippen molar-refractivity contribution in [3.05, 3.63) is 41.0 Å². The van der Waals surface area contributed by atoms with Gasteiger partial charge in [0.25, 0.3) is 0 Å². The highest BCUT2D eigenvalue weighted by atomic mass is 16.2. The Labute approximate surface area is 149 Å². The minimum absolute atomic E-state index is 0.000214. The van der Waals surface area contributed by atoms with Gasteiger partial charge in [-0.3, -0.25) is 4.79 Å². The number of carbonyl (C=O) groups excluding carboxylic acids is 1. The number of fused-ring (bicyclic) bond motifs is 2. The third-order valence-electron chi connectivity index (χ3n) is 5.45. The summed E-state index contributed by atoms with van der Waals surface area (Å²) in [4.78, 5) is 19.9. The van der Waals surface area contributed by atoms with E-state index in [9.17, 15) is 4.79 Å². The van der Waals surface area contributed by atoms with Crippen molar-refractivity contribution >= 4 is 11.6 Å². The summed E-state index contributed by atoms with van der Waals surface area (Å²) >= 11 is 0. The van der Waals surface area contributed by atoms with Crippen molar-refractivity contribution in [3.8, 4) is 0 Å². The molecule has 1 atom stereocenters. The van der Waals surface area contributed by atoms with Crippen LogP contribution in [-0.2, 0) is 24.2 Å². The molecule has 0 saturated heterocycles. The molecule has 25 heavy (non-hydrogen) atoms. The van der Waals surface area contributed by atoms with Gasteiger partial charge in [-0.15, -0.1) is 0 Å². The van der Waals surface area contributed by atoms with Crippen LogP contribution in [0.4, 0.5) is 5.69 Å². The van der Waals surface area contributed by atoms with E-state index in [1.807, 2.05) is 11.6 Å². The first-order valence-corrected chi connectivity index (χ1v) is 9.38. The highest BCUT2D eigenvalue weighted by Gasteiger charge is 2.33. The average Bonchev–Trinajstić information content (AvgIpc) is 2.99. The maximum absolute atomic E-state index is 13.4. The molecule has 5 heteroatoms. The standard InChI is InChI=1S/C20H26N4O/c1-13(2)17-8-4-6-15-7-5-11-23(19(15)17)20(25)16-9-10-18-21-14(3)22-24(18)12-16/h4,6,8,13,16H,5,7,9-12H2,1-3H3. The lowest BCUT2D eigenvalue weighted by molar-refractivity contribution is -0.123. The highest BCUT2D eigenvalue weighted by Crippen LogP contribution is 2.36. The van der Waals surface area contributed by atoms with Crippen LogP contribution in [0.5, 0.6) is 0 Å². The van der Waals surface area contributed by atoms with Crippen LogP contribution in [0.2, 0.25) is 0 Å². The van der Waals surface area contributed by atoms with E-state index in [2.05, 4.69) is 47.0 Å². The molecule has 1 aromatic heterocycles. The third-order valence-corrected chi connectivity index (χ3v) is 5.45.